The highest BCUT2D eigenvalue weighted by Gasteiger charge is 2.62. The number of hydrogen-bond donors (Lipinski definition) is 0. The summed E-state index contributed by atoms with van der Waals surface area (Å²) in [5.41, 5.74) is 2.47. The van der Waals surface area contributed by atoms with Crippen molar-refractivity contribution in [2.24, 2.45) is 10.4 Å². The minimum atomic E-state index is -1.59. The van der Waals surface area contributed by atoms with Gasteiger partial charge in [-0.1, -0.05) is 54.6 Å². The SMILES string of the molecule is CCOC(=O)CN=C1[C@@H](c2ccc(F)cc2)C(C#N)(C#N)[C@@H]2c3ccccc3-c3ccccc3N12. The smallest absolute Gasteiger partial charge is 0.327 e. The van der Waals surface area contributed by atoms with Gasteiger partial charge in [-0.25, -0.2) is 4.39 Å². The van der Waals surface area contributed by atoms with Gasteiger partial charge in [-0.15, -0.1) is 0 Å². The van der Waals surface area contributed by atoms with Crippen molar-refractivity contribution in [2.75, 3.05) is 18.1 Å². The highest BCUT2D eigenvalue weighted by molar-refractivity contribution is 6.11. The fourth-order valence-electron chi connectivity index (χ4n) is 5.24. The standard InChI is InChI=1S/C28H21FN4O2/c1-2-35-24(34)15-32-27-25(18-11-13-19(29)14-12-18)28(16-30,17-31)26-22-9-4-3-7-20(22)21-8-5-6-10-23(21)33(26)27/h3-14,25-26H,2,15H2,1H3/t25-,26+/m1/s1. The molecule has 3 aromatic carbocycles. The molecule has 2 aliphatic heterocycles. The van der Waals surface area contributed by atoms with Crippen LogP contribution >= 0.6 is 0 Å². The first-order valence-corrected chi connectivity index (χ1v) is 11.3. The first kappa shape index (κ1) is 22.3. The lowest BCUT2D eigenvalue weighted by Gasteiger charge is -2.37. The third-order valence-electron chi connectivity index (χ3n) is 6.61. The molecule has 7 heteroatoms. The van der Waals surface area contributed by atoms with Crippen LogP contribution < -0.4 is 4.90 Å². The number of esters is 1. The zero-order valence-electron chi connectivity index (χ0n) is 19.0. The van der Waals surface area contributed by atoms with Crippen molar-refractivity contribution >= 4 is 17.5 Å². The van der Waals surface area contributed by atoms with Crippen molar-refractivity contribution in [2.45, 2.75) is 18.9 Å². The van der Waals surface area contributed by atoms with Gasteiger partial charge in [0.15, 0.2) is 5.41 Å². The number of aliphatic imine (C=N–C) groups is 1. The second-order valence-corrected chi connectivity index (χ2v) is 8.43. The van der Waals surface area contributed by atoms with Gasteiger partial charge in [-0.2, -0.15) is 10.5 Å². The van der Waals surface area contributed by atoms with Crippen LogP contribution in [0.2, 0.25) is 0 Å². The third kappa shape index (κ3) is 3.36. The van der Waals surface area contributed by atoms with E-state index in [0.717, 1.165) is 22.4 Å². The van der Waals surface area contributed by atoms with E-state index >= 15 is 0 Å². The number of halogens is 1. The summed E-state index contributed by atoms with van der Waals surface area (Å²) in [6.07, 6.45) is 0. The molecule has 3 aromatic rings. The largest absolute Gasteiger partial charge is 0.465 e. The number of nitriles is 2. The molecule has 2 aliphatic rings. The van der Waals surface area contributed by atoms with Gasteiger partial charge in [-0.3, -0.25) is 9.79 Å². The minimum absolute atomic E-state index is 0.216. The average molecular weight is 465 g/mol. The topological polar surface area (TPSA) is 89.5 Å². The maximum Gasteiger partial charge on any atom is 0.327 e. The zero-order chi connectivity index (χ0) is 24.6. The second-order valence-electron chi connectivity index (χ2n) is 8.43. The number of para-hydroxylation sites is 1. The van der Waals surface area contributed by atoms with Crippen LogP contribution in [0.5, 0.6) is 0 Å². The number of carbonyl (C=O) groups excluding carboxylic acids is 1. The van der Waals surface area contributed by atoms with E-state index in [-0.39, 0.29) is 13.2 Å². The summed E-state index contributed by atoms with van der Waals surface area (Å²) in [6, 6.07) is 25.1. The number of anilines is 1. The Morgan fingerprint density at radius 1 is 1.03 bits per heavy atom. The van der Waals surface area contributed by atoms with Crippen LogP contribution in [0.25, 0.3) is 11.1 Å². The lowest BCUT2D eigenvalue weighted by atomic mass is 9.69. The Kier molecular flexibility index (Phi) is 5.55. The summed E-state index contributed by atoms with van der Waals surface area (Å²) in [5.74, 6) is -1.35. The molecule has 1 saturated heterocycles. The monoisotopic (exact) mass is 464 g/mol. The second kappa shape index (κ2) is 8.70. The Morgan fingerprint density at radius 3 is 2.37 bits per heavy atom. The molecule has 172 valence electrons. The molecule has 0 bridgehead atoms. The lowest BCUT2D eigenvalue weighted by molar-refractivity contribution is -0.141. The summed E-state index contributed by atoms with van der Waals surface area (Å²) in [4.78, 5) is 18.8. The minimum Gasteiger partial charge on any atom is -0.465 e. The van der Waals surface area contributed by atoms with E-state index in [4.69, 9.17) is 4.74 Å². The van der Waals surface area contributed by atoms with Gasteiger partial charge in [0.05, 0.1) is 36.4 Å². The highest BCUT2D eigenvalue weighted by atomic mass is 19.1. The van der Waals surface area contributed by atoms with Crippen molar-refractivity contribution in [1.82, 2.24) is 0 Å². The summed E-state index contributed by atoms with van der Waals surface area (Å²) >= 11 is 0. The van der Waals surface area contributed by atoms with Crippen LogP contribution in [0.15, 0.2) is 77.8 Å². The Labute approximate surface area is 202 Å². The van der Waals surface area contributed by atoms with Crippen LogP contribution in [0, 0.1) is 33.9 Å². The molecular formula is C28H21FN4O2. The van der Waals surface area contributed by atoms with Crippen LogP contribution in [-0.2, 0) is 9.53 Å². The molecule has 0 amide bonds. The van der Waals surface area contributed by atoms with E-state index in [1.54, 1.807) is 19.1 Å². The van der Waals surface area contributed by atoms with Crippen LogP contribution in [-0.4, -0.2) is 25.0 Å². The third-order valence-corrected chi connectivity index (χ3v) is 6.61. The normalized spacial score (nSPS) is 20.2. The predicted octanol–water partition coefficient (Wildman–Crippen LogP) is 5.15. The van der Waals surface area contributed by atoms with Crippen molar-refractivity contribution in [1.29, 1.82) is 10.5 Å². The lowest BCUT2D eigenvalue weighted by Crippen LogP contribution is -2.35. The van der Waals surface area contributed by atoms with Gasteiger partial charge in [0.2, 0.25) is 0 Å². The number of amidine groups is 1. The van der Waals surface area contributed by atoms with Gasteiger partial charge in [0.1, 0.15) is 18.2 Å². The molecule has 0 aliphatic carbocycles. The summed E-state index contributed by atoms with van der Waals surface area (Å²) < 4.78 is 18.9. The van der Waals surface area contributed by atoms with Crippen LogP contribution in [0.3, 0.4) is 0 Å². The van der Waals surface area contributed by atoms with E-state index in [0.29, 0.717) is 11.4 Å². The molecule has 0 radical (unpaired) electrons. The number of ether oxygens (including phenoxy) is 1. The van der Waals surface area contributed by atoms with Crippen molar-refractivity contribution in [3.05, 3.63) is 89.7 Å². The molecule has 0 spiro atoms. The van der Waals surface area contributed by atoms with Crippen molar-refractivity contribution in [3.8, 4) is 23.3 Å². The fraction of sp³-hybridized carbons (Fsp3) is 0.214. The molecule has 0 unspecified atom stereocenters. The molecule has 0 saturated carbocycles. The van der Waals surface area contributed by atoms with Crippen LogP contribution in [0.1, 0.15) is 30.0 Å². The van der Waals surface area contributed by atoms with E-state index in [1.165, 1.54) is 12.1 Å². The number of benzene rings is 3. The van der Waals surface area contributed by atoms with Gasteiger partial charge in [0, 0.05) is 5.56 Å². The number of hydrogen-bond acceptors (Lipinski definition) is 5. The Bertz CT molecular complexity index is 1400. The Balaban J connectivity index is 1.82. The van der Waals surface area contributed by atoms with E-state index in [2.05, 4.69) is 17.1 Å². The summed E-state index contributed by atoms with van der Waals surface area (Å²) in [5, 5.41) is 21.1. The van der Waals surface area contributed by atoms with E-state index < -0.39 is 29.2 Å². The highest BCUT2D eigenvalue weighted by Crippen LogP contribution is 2.61. The molecule has 6 nitrogen and oxygen atoms in total. The quantitative estimate of drug-likeness (QED) is 0.499. The maximum atomic E-state index is 13.8. The molecule has 35 heavy (non-hydrogen) atoms. The number of carbonyl (C=O) groups is 1. The Hall–Kier alpha value is -4.49. The first-order valence-electron chi connectivity index (χ1n) is 11.3. The Morgan fingerprint density at radius 2 is 1.69 bits per heavy atom. The molecule has 2 atom stereocenters. The number of rotatable bonds is 4. The van der Waals surface area contributed by atoms with Crippen molar-refractivity contribution < 1.29 is 13.9 Å². The predicted molar refractivity (Wildman–Crippen MR) is 129 cm³/mol. The molecule has 0 aromatic heterocycles. The van der Waals surface area contributed by atoms with E-state index in [9.17, 15) is 19.7 Å². The fourth-order valence-corrected chi connectivity index (χ4v) is 5.24. The summed E-state index contributed by atoms with van der Waals surface area (Å²) in [7, 11) is 0. The number of fused-ring (bicyclic) bond motifs is 6. The van der Waals surface area contributed by atoms with Crippen LogP contribution in [0.4, 0.5) is 10.1 Å². The average Bonchev–Trinajstić information content (AvgIpc) is 3.19. The van der Waals surface area contributed by atoms with Crippen molar-refractivity contribution in [3.63, 3.8) is 0 Å². The van der Waals surface area contributed by atoms with Gasteiger partial charge in [0.25, 0.3) is 0 Å². The molecule has 5 rings (SSSR count). The van der Waals surface area contributed by atoms with Gasteiger partial charge < -0.3 is 9.64 Å². The first-order chi connectivity index (χ1) is 17.1. The molecule has 0 N–H and O–H groups in total. The maximum absolute atomic E-state index is 13.8. The molecule has 1 fully saturated rings. The molecular weight excluding hydrogens is 443 g/mol. The van der Waals surface area contributed by atoms with Gasteiger partial charge in [-0.05, 0) is 41.8 Å². The summed E-state index contributed by atoms with van der Waals surface area (Å²) in [6.45, 7) is 1.67. The number of nitrogens with zero attached hydrogens (tertiary/aromatic N) is 4. The zero-order valence-corrected chi connectivity index (χ0v) is 19.0. The molecule has 2 heterocycles. The van der Waals surface area contributed by atoms with E-state index in [1.807, 2.05) is 53.4 Å². The van der Waals surface area contributed by atoms with Gasteiger partial charge >= 0.3 is 5.97 Å².